The smallest absolute Gasteiger partial charge is 0.348 e. The summed E-state index contributed by atoms with van der Waals surface area (Å²) in [5.41, 5.74) is 1.20. The van der Waals surface area contributed by atoms with Crippen LogP contribution < -0.4 is 4.90 Å². The maximum absolute atomic E-state index is 14.0. The molecule has 0 aliphatic heterocycles. The van der Waals surface area contributed by atoms with E-state index >= 15 is 0 Å². The second kappa shape index (κ2) is 12.1. The van der Waals surface area contributed by atoms with Crippen molar-refractivity contribution in [2.75, 3.05) is 4.90 Å². The quantitative estimate of drug-likeness (QED) is 0.364. The van der Waals surface area contributed by atoms with Crippen LogP contribution >= 0.6 is 11.3 Å². The molecule has 38 heavy (non-hydrogen) atoms. The van der Waals surface area contributed by atoms with E-state index in [-0.39, 0.29) is 34.9 Å². The third kappa shape index (κ3) is 7.22. The lowest BCUT2D eigenvalue weighted by Gasteiger charge is -2.38. The van der Waals surface area contributed by atoms with E-state index in [1.165, 1.54) is 6.33 Å². The zero-order valence-electron chi connectivity index (χ0n) is 22.6. The number of carbonyl (C=O) groups excluding carboxylic acids is 1. The Morgan fingerprint density at radius 3 is 2.53 bits per heavy atom. The van der Waals surface area contributed by atoms with Gasteiger partial charge in [-0.2, -0.15) is 5.10 Å². The summed E-state index contributed by atoms with van der Waals surface area (Å²) in [6, 6.07) is 1.70. The van der Waals surface area contributed by atoms with Crippen molar-refractivity contribution < 1.29 is 19.5 Å². The van der Waals surface area contributed by atoms with Crippen LogP contribution in [0.3, 0.4) is 0 Å². The minimum Gasteiger partial charge on any atom is -0.477 e. The number of anilines is 1. The average Bonchev–Trinajstić information content (AvgIpc) is 3.54. The van der Waals surface area contributed by atoms with Gasteiger partial charge in [0.25, 0.3) is 0 Å². The van der Waals surface area contributed by atoms with Gasteiger partial charge in [0.2, 0.25) is 12.6 Å². The predicted molar refractivity (Wildman–Crippen MR) is 147 cm³/mol. The molecule has 4 rings (SSSR count). The summed E-state index contributed by atoms with van der Waals surface area (Å²) < 4.78 is 1.55. The molecule has 10 heteroatoms. The molecule has 2 aliphatic rings. The summed E-state index contributed by atoms with van der Waals surface area (Å²) in [7, 11) is 0. The van der Waals surface area contributed by atoms with E-state index in [1.807, 2.05) is 20.8 Å². The number of amides is 1. The Hall–Kier alpha value is -3.19. The molecule has 9 nitrogen and oxygen atoms in total. The number of aromatic nitrogens is 3. The topological polar surface area (TPSA) is 110 Å². The number of aromatic carboxylic acids is 1. The number of oxime groups is 1. The lowest BCUT2D eigenvalue weighted by Crippen LogP contribution is -2.46. The molecule has 0 saturated heterocycles. The van der Waals surface area contributed by atoms with Gasteiger partial charge in [0.15, 0.2) is 0 Å². The van der Waals surface area contributed by atoms with Crippen LogP contribution in [-0.2, 0) is 16.4 Å². The zero-order chi connectivity index (χ0) is 27.3. The van der Waals surface area contributed by atoms with Crippen molar-refractivity contribution in [3.8, 4) is 11.8 Å². The molecular weight excluding hydrogens is 502 g/mol. The standard InChI is InChI=1S/C28H37N5O4S/c1-19-5-7-20(8-6-19)26(34)33(24-15-23(13-14-28(2,3)4)38-25(24)27(35)36)22-11-9-21(10-12-22)31-37-18-32-17-29-16-30-32/h15-17,19-20,22H,5-12,18H2,1-4H3,(H,35,36)/t19-,20-,22?. The molecule has 2 aromatic heterocycles. The predicted octanol–water partition coefficient (Wildman–Crippen LogP) is 5.57. The summed E-state index contributed by atoms with van der Waals surface area (Å²) in [4.78, 5) is 38.3. The van der Waals surface area contributed by atoms with Gasteiger partial charge in [-0.15, -0.1) is 11.3 Å². The number of carboxylic acid groups (broad SMARTS) is 1. The van der Waals surface area contributed by atoms with Crippen molar-refractivity contribution >= 4 is 34.6 Å². The number of hydrogen-bond acceptors (Lipinski definition) is 7. The molecule has 1 N–H and O–H groups in total. The molecule has 0 atom stereocenters. The van der Waals surface area contributed by atoms with Crippen LogP contribution in [0.4, 0.5) is 5.69 Å². The third-order valence-corrected chi connectivity index (χ3v) is 8.10. The van der Waals surface area contributed by atoms with Crippen molar-refractivity contribution in [1.29, 1.82) is 0 Å². The third-order valence-electron chi connectivity index (χ3n) is 7.08. The van der Waals surface area contributed by atoms with E-state index < -0.39 is 5.97 Å². The minimum absolute atomic E-state index is 0.0420. The van der Waals surface area contributed by atoms with Gasteiger partial charge < -0.3 is 14.8 Å². The first-order valence-electron chi connectivity index (χ1n) is 13.3. The van der Waals surface area contributed by atoms with Gasteiger partial charge in [-0.05, 0) is 84.1 Å². The molecule has 0 bridgehead atoms. The lowest BCUT2D eigenvalue weighted by molar-refractivity contribution is -0.124. The van der Waals surface area contributed by atoms with Crippen LogP contribution in [0, 0.1) is 29.1 Å². The Kier molecular flexibility index (Phi) is 8.87. The Labute approximate surface area is 228 Å². The molecule has 2 aromatic rings. The highest BCUT2D eigenvalue weighted by Gasteiger charge is 2.37. The summed E-state index contributed by atoms with van der Waals surface area (Å²) in [5.74, 6) is 5.89. The summed E-state index contributed by atoms with van der Waals surface area (Å²) >= 11 is 1.15. The molecule has 0 aromatic carbocycles. The second-order valence-corrected chi connectivity index (χ2v) is 12.4. The first-order valence-corrected chi connectivity index (χ1v) is 14.2. The van der Waals surface area contributed by atoms with E-state index in [1.54, 1.807) is 22.0 Å². The number of thiophene rings is 1. The molecule has 2 saturated carbocycles. The fraction of sp³-hybridized carbons (Fsp3) is 0.607. The Morgan fingerprint density at radius 2 is 1.92 bits per heavy atom. The Balaban J connectivity index is 1.57. The second-order valence-electron chi connectivity index (χ2n) is 11.4. The van der Waals surface area contributed by atoms with Gasteiger partial charge in [0.05, 0.1) is 16.3 Å². The molecule has 0 radical (unpaired) electrons. The molecule has 2 heterocycles. The highest BCUT2D eigenvalue weighted by atomic mass is 32.1. The molecule has 2 aliphatic carbocycles. The van der Waals surface area contributed by atoms with E-state index in [0.717, 1.165) is 42.7 Å². The normalized spacial score (nSPS) is 21.8. The van der Waals surface area contributed by atoms with Gasteiger partial charge in [0.1, 0.15) is 17.5 Å². The SMILES string of the molecule is CC(C)(C)C#Cc1cc(N(C(=O)[C@H]2CC[C@H](C)CC2)C2CCC(=NOCn3cncn3)CC2)c(C(=O)O)s1. The maximum Gasteiger partial charge on any atom is 0.348 e. The molecular formula is C28H37N5O4S. The zero-order valence-corrected chi connectivity index (χ0v) is 23.5. The number of carboxylic acids is 1. The van der Waals surface area contributed by atoms with Crippen molar-refractivity contribution in [2.24, 2.45) is 22.4 Å². The van der Waals surface area contributed by atoms with Gasteiger partial charge in [-0.1, -0.05) is 23.9 Å². The molecule has 0 unspecified atom stereocenters. The number of rotatable bonds is 7. The van der Waals surface area contributed by atoms with Crippen LogP contribution in [0.15, 0.2) is 23.9 Å². The van der Waals surface area contributed by atoms with Crippen LogP contribution in [0.1, 0.15) is 93.6 Å². The van der Waals surface area contributed by atoms with Crippen molar-refractivity contribution in [3.05, 3.63) is 28.5 Å². The van der Waals surface area contributed by atoms with E-state index in [9.17, 15) is 14.7 Å². The average molecular weight is 540 g/mol. The van der Waals surface area contributed by atoms with Crippen molar-refractivity contribution in [3.63, 3.8) is 0 Å². The van der Waals surface area contributed by atoms with E-state index in [2.05, 4.69) is 34.0 Å². The molecule has 0 spiro atoms. The van der Waals surface area contributed by atoms with Crippen LogP contribution in [0.2, 0.25) is 0 Å². The molecule has 2 fully saturated rings. The molecule has 1 amide bonds. The minimum atomic E-state index is -1.02. The highest BCUT2D eigenvalue weighted by molar-refractivity contribution is 7.15. The van der Waals surface area contributed by atoms with Gasteiger partial charge in [-0.25, -0.2) is 14.5 Å². The lowest BCUT2D eigenvalue weighted by atomic mass is 9.81. The highest BCUT2D eigenvalue weighted by Crippen LogP contribution is 2.38. The number of carbonyl (C=O) groups is 2. The first-order chi connectivity index (χ1) is 18.1. The summed E-state index contributed by atoms with van der Waals surface area (Å²) in [6.45, 7) is 8.47. The number of hydrogen-bond donors (Lipinski definition) is 1. The van der Waals surface area contributed by atoms with E-state index in [4.69, 9.17) is 4.84 Å². The Morgan fingerprint density at radius 1 is 1.21 bits per heavy atom. The molecule has 204 valence electrons. The van der Waals surface area contributed by atoms with Crippen molar-refractivity contribution in [1.82, 2.24) is 14.8 Å². The van der Waals surface area contributed by atoms with Crippen LogP contribution in [-0.4, -0.2) is 43.5 Å². The maximum atomic E-state index is 14.0. The largest absolute Gasteiger partial charge is 0.477 e. The Bertz CT molecular complexity index is 1200. The van der Waals surface area contributed by atoms with Crippen molar-refractivity contribution in [2.45, 2.75) is 91.8 Å². The summed E-state index contributed by atoms with van der Waals surface area (Å²) in [6.07, 6.45) is 9.47. The van der Waals surface area contributed by atoms with E-state index in [0.29, 0.717) is 42.2 Å². The van der Waals surface area contributed by atoms with Gasteiger partial charge >= 0.3 is 5.97 Å². The van der Waals surface area contributed by atoms with Crippen LogP contribution in [0.5, 0.6) is 0 Å². The van der Waals surface area contributed by atoms with Gasteiger partial charge in [0, 0.05) is 17.4 Å². The number of nitrogens with zero attached hydrogens (tertiary/aromatic N) is 5. The monoisotopic (exact) mass is 539 g/mol. The van der Waals surface area contributed by atoms with Crippen LogP contribution in [0.25, 0.3) is 0 Å². The van der Waals surface area contributed by atoms with Gasteiger partial charge in [-0.3, -0.25) is 4.79 Å². The first kappa shape index (κ1) is 27.8. The fourth-order valence-electron chi connectivity index (χ4n) is 4.99. The fourth-order valence-corrected chi connectivity index (χ4v) is 5.83. The summed E-state index contributed by atoms with van der Waals surface area (Å²) in [5, 5.41) is 18.4.